The highest BCUT2D eigenvalue weighted by molar-refractivity contribution is 5.94. The molecule has 2 rings (SSSR count). The lowest BCUT2D eigenvalue weighted by molar-refractivity contribution is 0.0696. The number of amides is 2. The molecule has 114 valence electrons. The second kappa shape index (κ2) is 6.16. The largest absolute Gasteiger partial charge is 0.478 e. The molecule has 1 aromatic carbocycles. The molecule has 0 aliphatic carbocycles. The number of nitrogens with zero attached hydrogens (tertiary/aromatic N) is 1. The summed E-state index contributed by atoms with van der Waals surface area (Å²) in [6.07, 6.45) is 2.12. The summed E-state index contributed by atoms with van der Waals surface area (Å²) in [6.45, 7) is 7.30. The number of aryl methyl sites for hydroxylation is 1. The third-order valence-corrected chi connectivity index (χ3v) is 4.30. The van der Waals surface area contributed by atoms with E-state index in [1.54, 1.807) is 11.8 Å². The first kappa shape index (κ1) is 15.4. The van der Waals surface area contributed by atoms with Crippen molar-refractivity contribution >= 4 is 17.7 Å². The average molecular weight is 290 g/mol. The number of nitrogens with one attached hydrogen (secondary N) is 1. The fourth-order valence-corrected chi connectivity index (χ4v) is 2.71. The lowest BCUT2D eigenvalue weighted by atomic mass is 10.0. The van der Waals surface area contributed by atoms with Crippen LogP contribution < -0.4 is 5.32 Å². The van der Waals surface area contributed by atoms with Crippen LogP contribution in [0.5, 0.6) is 0 Å². The normalized spacial score (nSPS) is 17.9. The van der Waals surface area contributed by atoms with E-state index in [2.05, 4.69) is 12.2 Å². The van der Waals surface area contributed by atoms with Gasteiger partial charge in [-0.1, -0.05) is 13.3 Å². The van der Waals surface area contributed by atoms with Crippen LogP contribution in [-0.2, 0) is 0 Å². The predicted octanol–water partition coefficient (Wildman–Crippen LogP) is 3.27. The van der Waals surface area contributed by atoms with Gasteiger partial charge in [-0.3, -0.25) is 0 Å². The molecule has 1 aliphatic heterocycles. The predicted molar refractivity (Wildman–Crippen MR) is 81.9 cm³/mol. The highest BCUT2D eigenvalue weighted by Gasteiger charge is 2.25. The van der Waals surface area contributed by atoms with E-state index >= 15 is 0 Å². The molecule has 2 N–H and O–H groups in total. The van der Waals surface area contributed by atoms with Gasteiger partial charge in [0.15, 0.2) is 0 Å². The van der Waals surface area contributed by atoms with Gasteiger partial charge < -0.3 is 15.3 Å². The summed E-state index contributed by atoms with van der Waals surface area (Å²) in [5.74, 6) is -0.399. The molecule has 1 unspecified atom stereocenters. The van der Waals surface area contributed by atoms with Crippen molar-refractivity contribution in [3.63, 3.8) is 0 Å². The lowest BCUT2D eigenvalue weighted by Gasteiger charge is -2.18. The molecule has 0 spiro atoms. The van der Waals surface area contributed by atoms with Crippen molar-refractivity contribution in [2.75, 3.05) is 18.4 Å². The molecule has 1 aliphatic rings. The second-order valence-corrected chi connectivity index (χ2v) is 5.71. The Morgan fingerprint density at radius 3 is 2.67 bits per heavy atom. The molecule has 0 radical (unpaired) electrons. The number of carbonyl (C=O) groups excluding carboxylic acids is 1. The molecular weight excluding hydrogens is 268 g/mol. The molecule has 21 heavy (non-hydrogen) atoms. The maximum atomic E-state index is 12.2. The highest BCUT2D eigenvalue weighted by atomic mass is 16.4. The van der Waals surface area contributed by atoms with Crippen LogP contribution in [0, 0.1) is 19.8 Å². The summed E-state index contributed by atoms with van der Waals surface area (Å²) in [5.41, 5.74) is 2.37. The molecule has 0 bridgehead atoms. The quantitative estimate of drug-likeness (QED) is 0.897. The van der Waals surface area contributed by atoms with E-state index < -0.39 is 5.97 Å². The number of carboxylic acids is 1. The van der Waals surface area contributed by atoms with Crippen LogP contribution in [0.4, 0.5) is 10.5 Å². The third-order valence-electron chi connectivity index (χ3n) is 4.30. The number of anilines is 1. The van der Waals surface area contributed by atoms with Gasteiger partial charge in [-0.25, -0.2) is 9.59 Å². The number of carboxylic acid groups (broad SMARTS) is 1. The number of hydrogen-bond donors (Lipinski definition) is 2. The van der Waals surface area contributed by atoms with E-state index in [9.17, 15) is 14.7 Å². The van der Waals surface area contributed by atoms with Crippen LogP contribution in [0.3, 0.4) is 0 Å². The maximum Gasteiger partial charge on any atom is 0.336 e. The van der Waals surface area contributed by atoms with E-state index in [0.717, 1.165) is 37.1 Å². The van der Waals surface area contributed by atoms with E-state index in [0.29, 0.717) is 11.6 Å². The average Bonchev–Trinajstić information content (AvgIpc) is 2.91. The Kier molecular flexibility index (Phi) is 4.50. The monoisotopic (exact) mass is 290 g/mol. The van der Waals surface area contributed by atoms with Gasteiger partial charge in [0.25, 0.3) is 0 Å². The van der Waals surface area contributed by atoms with Crippen molar-refractivity contribution in [1.29, 1.82) is 0 Å². The molecule has 1 aromatic rings. The summed E-state index contributed by atoms with van der Waals surface area (Å²) in [7, 11) is 0. The van der Waals surface area contributed by atoms with Crippen molar-refractivity contribution in [3.8, 4) is 0 Å². The fraction of sp³-hybridized carbons (Fsp3) is 0.500. The first-order valence-electron chi connectivity index (χ1n) is 7.32. The Morgan fingerprint density at radius 1 is 1.38 bits per heavy atom. The second-order valence-electron chi connectivity index (χ2n) is 5.71. The van der Waals surface area contributed by atoms with Crippen LogP contribution in [0.25, 0.3) is 0 Å². The summed E-state index contributed by atoms with van der Waals surface area (Å²) in [5, 5.41) is 12.0. The Labute approximate surface area is 125 Å². The Bertz CT molecular complexity index is 569. The summed E-state index contributed by atoms with van der Waals surface area (Å²) < 4.78 is 0. The van der Waals surface area contributed by atoms with Crippen LogP contribution in [0.1, 0.15) is 41.3 Å². The number of urea groups is 1. The molecule has 0 saturated carbocycles. The van der Waals surface area contributed by atoms with Crippen LogP contribution in [0.15, 0.2) is 12.1 Å². The van der Waals surface area contributed by atoms with Crippen LogP contribution >= 0.6 is 0 Å². The minimum Gasteiger partial charge on any atom is -0.478 e. The van der Waals surface area contributed by atoms with Crippen molar-refractivity contribution in [2.45, 2.75) is 33.6 Å². The van der Waals surface area contributed by atoms with Gasteiger partial charge >= 0.3 is 12.0 Å². The lowest BCUT2D eigenvalue weighted by Crippen LogP contribution is -2.33. The van der Waals surface area contributed by atoms with Crippen molar-refractivity contribution in [1.82, 2.24) is 4.90 Å². The molecule has 5 heteroatoms. The van der Waals surface area contributed by atoms with Gasteiger partial charge in [0, 0.05) is 18.8 Å². The zero-order valence-corrected chi connectivity index (χ0v) is 12.8. The SMILES string of the molecule is CCC1CCN(C(=O)Nc2cc(C)c(C)c(C(=O)O)c2)C1. The molecule has 1 atom stereocenters. The first-order valence-corrected chi connectivity index (χ1v) is 7.32. The highest BCUT2D eigenvalue weighted by Crippen LogP contribution is 2.23. The van der Waals surface area contributed by atoms with Gasteiger partial charge in [0.2, 0.25) is 0 Å². The van der Waals surface area contributed by atoms with Crippen molar-refractivity contribution in [3.05, 3.63) is 28.8 Å². The number of carbonyl (C=O) groups is 2. The number of aromatic carboxylic acids is 1. The van der Waals surface area contributed by atoms with Crippen molar-refractivity contribution < 1.29 is 14.7 Å². The molecule has 2 amide bonds. The molecule has 1 fully saturated rings. The van der Waals surface area contributed by atoms with E-state index in [1.807, 2.05) is 13.0 Å². The van der Waals surface area contributed by atoms with Gasteiger partial charge in [-0.05, 0) is 49.4 Å². The Morgan fingerprint density at radius 2 is 2.10 bits per heavy atom. The Balaban J connectivity index is 2.13. The summed E-state index contributed by atoms with van der Waals surface area (Å²) >= 11 is 0. The number of hydrogen-bond acceptors (Lipinski definition) is 2. The molecular formula is C16H22N2O3. The topological polar surface area (TPSA) is 69.6 Å². The number of benzene rings is 1. The maximum absolute atomic E-state index is 12.2. The van der Waals surface area contributed by atoms with Crippen molar-refractivity contribution in [2.24, 2.45) is 5.92 Å². The van der Waals surface area contributed by atoms with E-state index in [4.69, 9.17) is 0 Å². The third kappa shape index (κ3) is 3.35. The minimum absolute atomic E-state index is 0.148. The van der Waals surface area contributed by atoms with Crippen LogP contribution in [-0.4, -0.2) is 35.1 Å². The van der Waals surface area contributed by atoms with Gasteiger partial charge in [0.05, 0.1) is 5.56 Å². The minimum atomic E-state index is -0.973. The summed E-state index contributed by atoms with van der Waals surface area (Å²) in [6, 6.07) is 3.19. The first-order chi connectivity index (χ1) is 9.92. The van der Waals surface area contributed by atoms with E-state index in [-0.39, 0.29) is 11.6 Å². The molecule has 1 saturated heterocycles. The zero-order chi connectivity index (χ0) is 15.6. The fourth-order valence-electron chi connectivity index (χ4n) is 2.71. The van der Waals surface area contributed by atoms with Gasteiger partial charge in [-0.15, -0.1) is 0 Å². The number of rotatable bonds is 3. The smallest absolute Gasteiger partial charge is 0.336 e. The number of likely N-dealkylation sites (tertiary alicyclic amines) is 1. The van der Waals surface area contributed by atoms with Gasteiger partial charge in [-0.2, -0.15) is 0 Å². The Hall–Kier alpha value is -2.04. The standard InChI is InChI=1S/C16H22N2O3/c1-4-12-5-6-18(9-12)16(21)17-13-7-10(2)11(3)14(8-13)15(19)20/h7-8,12H,4-6,9H2,1-3H3,(H,17,21)(H,19,20). The van der Waals surface area contributed by atoms with Gasteiger partial charge in [0.1, 0.15) is 0 Å². The molecule has 0 aromatic heterocycles. The van der Waals surface area contributed by atoms with E-state index in [1.165, 1.54) is 6.07 Å². The van der Waals surface area contributed by atoms with Crippen LogP contribution in [0.2, 0.25) is 0 Å². The zero-order valence-electron chi connectivity index (χ0n) is 12.8. The molecule has 5 nitrogen and oxygen atoms in total. The summed E-state index contributed by atoms with van der Waals surface area (Å²) in [4.78, 5) is 25.2. The molecule has 1 heterocycles.